The molecule has 0 N–H and O–H groups in total. The summed E-state index contributed by atoms with van der Waals surface area (Å²) in [5.74, 6) is -0.203. The number of rotatable bonds is 0. The first-order valence-electron chi connectivity index (χ1n) is 11.0. The van der Waals surface area contributed by atoms with E-state index < -0.39 is 0 Å². The molecule has 0 aliphatic heterocycles. The second kappa shape index (κ2) is 5.92. The first kappa shape index (κ1) is 17.9. The lowest BCUT2D eigenvalue weighted by Crippen LogP contribution is -2.24. The largest absolute Gasteiger partial charge is 0.256 e. The molecule has 0 radical (unpaired) electrons. The molecule has 1 nitrogen and oxygen atoms in total. The third kappa shape index (κ3) is 2.19. The number of benzene rings is 5. The zero-order valence-corrected chi connectivity index (χ0v) is 17.9. The molecule has 0 spiro atoms. The van der Waals surface area contributed by atoms with Gasteiger partial charge in [-0.15, -0.1) is 0 Å². The van der Waals surface area contributed by atoms with Crippen LogP contribution in [0.5, 0.6) is 0 Å². The van der Waals surface area contributed by atoms with E-state index in [0.29, 0.717) is 0 Å². The van der Waals surface area contributed by atoms with Crippen molar-refractivity contribution in [2.45, 2.75) is 19.3 Å². The van der Waals surface area contributed by atoms with E-state index in [2.05, 4.69) is 74.5 Å². The number of halogens is 1. The van der Waals surface area contributed by atoms with Gasteiger partial charge in [0.15, 0.2) is 0 Å². The van der Waals surface area contributed by atoms with E-state index in [4.69, 9.17) is 4.98 Å². The number of hydrogen-bond donors (Lipinski definition) is 0. The van der Waals surface area contributed by atoms with Crippen LogP contribution in [0.15, 0.2) is 85.1 Å². The van der Waals surface area contributed by atoms with Gasteiger partial charge in [0.05, 0.1) is 5.69 Å². The molecule has 0 bridgehead atoms. The maximum absolute atomic E-state index is 14.2. The zero-order chi connectivity index (χ0) is 21.6. The molecule has 1 heterocycles. The second-order valence-electron chi connectivity index (χ2n) is 9.40. The van der Waals surface area contributed by atoms with E-state index in [1.54, 1.807) is 6.07 Å². The normalized spacial score (nSPS) is 14.3. The average Bonchev–Trinajstić information content (AvgIpc) is 2.81. The van der Waals surface area contributed by atoms with E-state index >= 15 is 0 Å². The first-order chi connectivity index (χ1) is 15.5. The molecule has 5 aromatic carbocycles. The van der Waals surface area contributed by atoms with Crippen molar-refractivity contribution in [1.82, 2.24) is 4.98 Å². The van der Waals surface area contributed by atoms with Gasteiger partial charge in [0.2, 0.25) is 0 Å². The van der Waals surface area contributed by atoms with Crippen LogP contribution in [0.2, 0.25) is 0 Å². The summed E-state index contributed by atoms with van der Waals surface area (Å²) in [6, 6.07) is 26.8. The summed E-state index contributed by atoms with van der Waals surface area (Å²) >= 11 is 0. The Kier molecular flexibility index (Phi) is 3.30. The topological polar surface area (TPSA) is 12.9 Å². The number of fused-ring (bicyclic) bond motifs is 7. The Morgan fingerprint density at radius 2 is 1.44 bits per heavy atom. The Bertz CT molecular complexity index is 1760. The number of hydrogen-bond acceptors (Lipinski definition) is 1. The summed E-state index contributed by atoms with van der Waals surface area (Å²) in [5, 5.41) is 9.11. The fraction of sp³-hybridized carbons (Fsp3) is 0.100. The summed E-state index contributed by atoms with van der Waals surface area (Å²) < 4.78 is 14.2. The summed E-state index contributed by atoms with van der Waals surface area (Å²) in [4.78, 5) is 4.87. The molecule has 0 fully saturated rings. The van der Waals surface area contributed by atoms with Gasteiger partial charge < -0.3 is 0 Å². The lowest BCUT2D eigenvalue weighted by atomic mass is 9.68. The van der Waals surface area contributed by atoms with E-state index in [-0.39, 0.29) is 11.2 Å². The summed E-state index contributed by atoms with van der Waals surface area (Å²) in [6.07, 6.45) is 1.91. The highest BCUT2D eigenvalue weighted by molar-refractivity contribution is 6.21. The van der Waals surface area contributed by atoms with Gasteiger partial charge in [0, 0.05) is 22.6 Å². The third-order valence-electron chi connectivity index (χ3n) is 7.31. The number of nitrogens with zero attached hydrogens (tertiary/aromatic N) is 1. The van der Waals surface area contributed by atoms with Gasteiger partial charge in [-0.3, -0.25) is 4.98 Å². The van der Waals surface area contributed by atoms with Crippen LogP contribution >= 0.6 is 0 Å². The molecule has 1 aliphatic carbocycles. The van der Waals surface area contributed by atoms with E-state index in [1.807, 2.05) is 12.3 Å². The lowest BCUT2D eigenvalue weighted by molar-refractivity contribution is 0.630. The van der Waals surface area contributed by atoms with Crippen LogP contribution in [0.1, 0.15) is 25.0 Å². The van der Waals surface area contributed by atoms with Crippen LogP contribution in [-0.4, -0.2) is 4.98 Å². The number of pyridine rings is 1. The summed E-state index contributed by atoms with van der Waals surface area (Å²) in [5.41, 5.74) is 4.58. The Labute approximate surface area is 185 Å². The molecule has 7 rings (SSSR count). The molecule has 0 unspecified atom stereocenters. The lowest BCUT2D eigenvalue weighted by Gasteiger charge is -2.35. The predicted octanol–water partition coefficient (Wildman–Crippen LogP) is 8.14. The van der Waals surface area contributed by atoms with Gasteiger partial charge in [-0.2, -0.15) is 0 Å². The van der Waals surface area contributed by atoms with Gasteiger partial charge in [0.25, 0.3) is 0 Å². The van der Waals surface area contributed by atoms with E-state index in [0.717, 1.165) is 27.2 Å². The Morgan fingerprint density at radius 1 is 0.656 bits per heavy atom. The highest BCUT2D eigenvalue weighted by Gasteiger charge is 2.35. The molecule has 6 aromatic rings. The van der Waals surface area contributed by atoms with Crippen molar-refractivity contribution in [3.63, 3.8) is 0 Å². The molecule has 0 atom stereocenters. The summed E-state index contributed by atoms with van der Waals surface area (Å²) in [7, 11) is 0. The molecule has 0 saturated heterocycles. The summed E-state index contributed by atoms with van der Waals surface area (Å²) in [6.45, 7) is 4.59. The Balaban J connectivity index is 1.71. The quantitative estimate of drug-likeness (QED) is 0.229. The van der Waals surface area contributed by atoms with Gasteiger partial charge >= 0.3 is 0 Å². The van der Waals surface area contributed by atoms with Gasteiger partial charge in [-0.25, -0.2) is 4.39 Å². The van der Waals surface area contributed by atoms with Crippen LogP contribution in [0.3, 0.4) is 0 Å². The van der Waals surface area contributed by atoms with Gasteiger partial charge in [-0.05, 0) is 85.2 Å². The highest BCUT2D eigenvalue weighted by atomic mass is 19.1. The average molecular weight is 413 g/mol. The Hall–Kier alpha value is -3.78. The SMILES string of the molecule is CC1(C)c2cc3ccccc3cc2-c2nccc3c2c1cc1c2cc(F)ccc2ccc31. The van der Waals surface area contributed by atoms with Gasteiger partial charge in [0.1, 0.15) is 5.82 Å². The molecule has 1 aliphatic rings. The predicted molar refractivity (Wildman–Crippen MR) is 132 cm³/mol. The maximum Gasteiger partial charge on any atom is 0.123 e. The molecule has 0 amide bonds. The van der Waals surface area contributed by atoms with Crippen molar-refractivity contribution in [1.29, 1.82) is 0 Å². The zero-order valence-electron chi connectivity index (χ0n) is 17.9. The standard InChI is InChI=1S/C30H20FN/c1-30(2)26-14-19-6-4-3-5-18(19)13-25(26)29-28-22(11-12-32-29)21-10-8-17-7-9-20(31)15-23(17)24(21)16-27(28)30/h3-16H,1-2H3. The monoisotopic (exact) mass is 413 g/mol. The minimum Gasteiger partial charge on any atom is -0.256 e. The first-order valence-corrected chi connectivity index (χ1v) is 11.0. The second-order valence-corrected chi connectivity index (χ2v) is 9.40. The van der Waals surface area contributed by atoms with Crippen LogP contribution < -0.4 is 0 Å². The minimum atomic E-state index is -0.211. The van der Waals surface area contributed by atoms with Gasteiger partial charge in [-0.1, -0.05) is 56.3 Å². The molecule has 0 saturated carbocycles. The molecule has 32 heavy (non-hydrogen) atoms. The molecule has 1 aromatic heterocycles. The maximum atomic E-state index is 14.2. The van der Waals surface area contributed by atoms with Crippen molar-refractivity contribution < 1.29 is 4.39 Å². The van der Waals surface area contributed by atoms with Crippen molar-refractivity contribution in [2.24, 2.45) is 0 Å². The highest BCUT2D eigenvalue weighted by Crippen LogP contribution is 2.50. The van der Waals surface area contributed by atoms with Crippen molar-refractivity contribution >= 4 is 43.1 Å². The fourth-order valence-electron chi connectivity index (χ4n) is 5.68. The molecular formula is C30H20FN. The fourth-order valence-corrected chi connectivity index (χ4v) is 5.68. The van der Waals surface area contributed by atoms with Crippen LogP contribution in [0.25, 0.3) is 54.3 Å². The Morgan fingerprint density at radius 3 is 2.28 bits per heavy atom. The molecular weight excluding hydrogens is 393 g/mol. The van der Waals surface area contributed by atoms with Crippen molar-refractivity contribution in [3.8, 4) is 11.3 Å². The minimum absolute atomic E-state index is 0.203. The van der Waals surface area contributed by atoms with Crippen molar-refractivity contribution in [3.05, 3.63) is 102 Å². The molecule has 2 heteroatoms. The third-order valence-corrected chi connectivity index (χ3v) is 7.31. The number of aromatic nitrogens is 1. The van der Waals surface area contributed by atoms with E-state index in [1.165, 1.54) is 44.3 Å². The van der Waals surface area contributed by atoms with Crippen LogP contribution in [-0.2, 0) is 5.41 Å². The van der Waals surface area contributed by atoms with Crippen molar-refractivity contribution in [2.75, 3.05) is 0 Å². The van der Waals surface area contributed by atoms with E-state index in [9.17, 15) is 4.39 Å². The smallest absolute Gasteiger partial charge is 0.123 e. The van der Waals surface area contributed by atoms with Crippen LogP contribution in [0.4, 0.5) is 4.39 Å². The molecule has 152 valence electrons. The van der Waals surface area contributed by atoms with Crippen LogP contribution in [0, 0.1) is 5.82 Å².